The van der Waals surface area contributed by atoms with E-state index in [4.69, 9.17) is 4.74 Å². The fraction of sp³-hybridized carbons (Fsp3) is 0.786. The van der Waals surface area contributed by atoms with E-state index in [-0.39, 0.29) is 6.10 Å². The average Bonchev–Trinajstić information content (AvgIpc) is 2.88. The van der Waals surface area contributed by atoms with Crippen LogP contribution in [0.15, 0.2) is 12.5 Å². The molecule has 1 aliphatic rings. The molecule has 0 amide bonds. The summed E-state index contributed by atoms with van der Waals surface area (Å²) in [5.41, 5.74) is 1.21. The summed E-state index contributed by atoms with van der Waals surface area (Å²) < 4.78 is 8.10. The lowest BCUT2D eigenvalue weighted by molar-refractivity contribution is 0.0218. The van der Waals surface area contributed by atoms with Crippen LogP contribution in [-0.4, -0.2) is 29.2 Å². The van der Waals surface area contributed by atoms with Crippen molar-refractivity contribution in [2.24, 2.45) is 5.92 Å². The highest BCUT2D eigenvalue weighted by atomic mass is 16.5. The summed E-state index contributed by atoms with van der Waals surface area (Å²) >= 11 is 0. The molecule has 1 aromatic rings. The van der Waals surface area contributed by atoms with Gasteiger partial charge in [-0.2, -0.15) is 0 Å². The van der Waals surface area contributed by atoms with E-state index in [1.54, 1.807) is 0 Å². The summed E-state index contributed by atoms with van der Waals surface area (Å²) in [7, 11) is 0. The maximum absolute atomic E-state index is 5.82. The summed E-state index contributed by atoms with van der Waals surface area (Å²) in [5.74, 6) is 0.751. The van der Waals surface area contributed by atoms with Crippen molar-refractivity contribution in [3.05, 3.63) is 18.2 Å². The highest BCUT2D eigenvalue weighted by Gasteiger charge is 2.21. The molecule has 0 spiro atoms. The van der Waals surface area contributed by atoms with Gasteiger partial charge in [0.25, 0.3) is 0 Å². The molecule has 3 atom stereocenters. The van der Waals surface area contributed by atoms with Gasteiger partial charge >= 0.3 is 0 Å². The minimum Gasteiger partial charge on any atom is -0.369 e. The van der Waals surface area contributed by atoms with E-state index in [1.807, 2.05) is 12.5 Å². The van der Waals surface area contributed by atoms with Crippen LogP contribution in [0.25, 0.3) is 0 Å². The summed E-state index contributed by atoms with van der Waals surface area (Å²) in [6.07, 6.45) is 6.47. The van der Waals surface area contributed by atoms with E-state index in [2.05, 4.69) is 35.6 Å². The van der Waals surface area contributed by atoms with E-state index < -0.39 is 0 Å². The summed E-state index contributed by atoms with van der Waals surface area (Å²) in [4.78, 5) is 4.31. The zero-order valence-corrected chi connectivity index (χ0v) is 11.7. The summed E-state index contributed by atoms with van der Waals surface area (Å²) in [6.45, 7) is 9.46. The molecule has 0 saturated carbocycles. The van der Waals surface area contributed by atoms with Gasteiger partial charge in [0.15, 0.2) is 0 Å². The van der Waals surface area contributed by atoms with Crippen LogP contribution < -0.4 is 5.32 Å². The van der Waals surface area contributed by atoms with Crippen molar-refractivity contribution in [2.75, 3.05) is 19.7 Å². The Labute approximate surface area is 110 Å². The number of ether oxygens (including phenoxy) is 1. The standard InChI is InChI=1S/C14H25N3O/c1-4-11(2)7-12(3)17-10-16-8-13(17)14-9-15-5-6-18-14/h8,10-12,14-15H,4-7,9H2,1-3H3. The molecule has 4 heteroatoms. The van der Waals surface area contributed by atoms with Crippen molar-refractivity contribution in [2.45, 2.75) is 45.8 Å². The zero-order chi connectivity index (χ0) is 13.0. The van der Waals surface area contributed by atoms with E-state index in [0.29, 0.717) is 6.04 Å². The molecule has 4 nitrogen and oxygen atoms in total. The second kappa shape index (κ2) is 6.34. The van der Waals surface area contributed by atoms with Crippen LogP contribution in [0, 0.1) is 5.92 Å². The predicted molar refractivity (Wildman–Crippen MR) is 72.6 cm³/mol. The minimum absolute atomic E-state index is 0.153. The maximum atomic E-state index is 5.82. The van der Waals surface area contributed by atoms with E-state index in [9.17, 15) is 0 Å². The van der Waals surface area contributed by atoms with Gasteiger partial charge in [0.1, 0.15) is 6.10 Å². The third kappa shape index (κ3) is 3.12. The summed E-state index contributed by atoms with van der Waals surface area (Å²) in [6, 6.07) is 0.489. The molecule has 18 heavy (non-hydrogen) atoms. The Morgan fingerprint density at radius 3 is 3.06 bits per heavy atom. The molecule has 1 fully saturated rings. The molecule has 0 aromatic carbocycles. The molecule has 0 bridgehead atoms. The van der Waals surface area contributed by atoms with E-state index in [1.165, 1.54) is 18.5 Å². The first-order chi connectivity index (χ1) is 8.72. The number of nitrogens with one attached hydrogen (secondary N) is 1. The average molecular weight is 251 g/mol. The van der Waals surface area contributed by atoms with E-state index in [0.717, 1.165) is 25.6 Å². The lowest BCUT2D eigenvalue weighted by atomic mass is 10.00. The third-order valence-electron chi connectivity index (χ3n) is 3.87. The van der Waals surface area contributed by atoms with Crippen molar-refractivity contribution in [3.63, 3.8) is 0 Å². The molecular weight excluding hydrogens is 226 g/mol. The minimum atomic E-state index is 0.153. The Kier molecular flexibility index (Phi) is 4.78. The van der Waals surface area contributed by atoms with Gasteiger partial charge in [-0.1, -0.05) is 20.3 Å². The van der Waals surface area contributed by atoms with Crippen LogP contribution in [0.3, 0.4) is 0 Å². The van der Waals surface area contributed by atoms with Crippen LogP contribution in [-0.2, 0) is 4.74 Å². The van der Waals surface area contributed by atoms with E-state index >= 15 is 0 Å². The van der Waals surface area contributed by atoms with Crippen molar-refractivity contribution in [3.8, 4) is 0 Å². The largest absolute Gasteiger partial charge is 0.369 e. The normalized spacial score (nSPS) is 23.8. The topological polar surface area (TPSA) is 39.1 Å². The van der Waals surface area contributed by atoms with Gasteiger partial charge in [0.2, 0.25) is 0 Å². The number of rotatable bonds is 5. The van der Waals surface area contributed by atoms with Crippen LogP contribution in [0.2, 0.25) is 0 Å². The molecular formula is C14H25N3O. The first-order valence-electron chi connectivity index (χ1n) is 7.06. The van der Waals surface area contributed by atoms with Gasteiger partial charge in [-0.05, 0) is 19.3 Å². The molecule has 1 aromatic heterocycles. The lowest BCUT2D eigenvalue weighted by Gasteiger charge is -2.27. The predicted octanol–water partition coefficient (Wildman–Crippen LogP) is 2.54. The Morgan fingerprint density at radius 2 is 2.39 bits per heavy atom. The van der Waals surface area contributed by atoms with Gasteiger partial charge in [-0.15, -0.1) is 0 Å². The number of hydrogen-bond donors (Lipinski definition) is 1. The molecule has 0 aliphatic carbocycles. The number of hydrogen-bond acceptors (Lipinski definition) is 3. The molecule has 0 radical (unpaired) electrons. The Hall–Kier alpha value is -0.870. The van der Waals surface area contributed by atoms with Gasteiger partial charge < -0.3 is 14.6 Å². The summed E-state index contributed by atoms with van der Waals surface area (Å²) in [5, 5.41) is 3.38. The lowest BCUT2D eigenvalue weighted by Crippen LogP contribution is -2.34. The Morgan fingerprint density at radius 1 is 1.56 bits per heavy atom. The smallest absolute Gasteiger partial charge is 0.111 e. The highest BCUT2D eigenvalue weighted by molar-refractivity contribution is 5.06. The molecule has 102 valence electrons. The van der Waals surface area contributed by atoms with Crippen molar-refractivity contribution in [1.29, 1.82) is 0 Å². The van der Waals surface area contributed by atoms with Crippen LogP contribution in [0.1, 0.15) is 51.5 Å². The molecule has 2 rings (SSSR count). The first-order valence-corrected chi connectivity index (χ1v) is 7.06. The molecule has 1 saturated heterocycles. The quantitative estimate of drug-likeness (QED) is 0.874. The van der Waals surface area contributed by atoms with Crippen molar-refractivity contribution in [1.82, 2.24) is 14.9 Å². The van der Waals surface area contributed by atoms with Gasteiger partial charge in [-0.25, -0.2) is 4.98 Å². The first kappa shape index (κ1) is 13.6. The maximum Gasteiger partial charge on any atom is 0.111 e. The van der Waals surface area contributed by atoms with Crippen LogP contribution in [0.5, 0.6) is 0 Å². The molecule has 1 N–H and O–H groups in total. The second-order valence-corrected chi connectivity index (χ2v) is 5.39. The van der Waals surface area contributed by atoms with Crippen LogP contribution in [0.4, 0.5) is 0 Å². The Bertz CT molecular complexity index is 358. The zero-order valence-electron chi connectivity index (χ0n) is 11.7. The third-order valence-corrected chi connectivity index (χ3v) is 3.87. The second-order valence-electron chi connectivity index (χ2n) is 5.39. The SMILES string of the molecule is CCC(C)CC(C)n1cncc1C1CNCCO1. The number of morpholine rings is 1. The molecule has 1 aliphatic heterocycles. The van der Waals surface area contributed by atoms with Gasteiger partial charge in [0, 0.05) is 19.1 Å². The number of aromatic nitrogens is 2. The van der Waals surface area contributed by atoms with Crippen molar-refractivity contribution >= 4 is 0 Å². The fourth-order valence-electron chi connectivity index (χ4n) is 2.55. The van der Waals surface area contributed by atoms with Crippen LogP contribution >= 0.6 is 0 Å². The monoisotopic (exact) mass is 251 g/mol. The molecule has 3 unspecified atom stereocenters. The Balaban J connectivity index is 2.06. The number of imidazole rings is 1. The fourth-order valence-corrected chi connectivity index (χ4v) is 2.55. The van der Waals surface area contributed by atoms with Crippen molar-refractivity contribution < 1.29 is 4.74 Å². The van der Waals surface area contributed by atoms with Gasteiger partial charge in [-0.3, -0.25) is 0 Å². The molecule has 2 heterocycles. The number of nitrogens with zero attached hydrogens (tertiary/aromatic N) is 2. The van der Waals surface area contributed by atoms with Gasteiger partial charge in [0.05, 0.1) is 24.8 Å². The highest BCUT2D eigenvalue weighted by Crippen LogP contribution is 2.25.